The van der Waals surface area contributed by atoms with Crippen LogP contribution < -0.4 is 0 Å². The van der Waals surface area contributed by atoms with Crippen molar-refractivity contribution >= 4 is 11.7 Å². The molecule has 4 nitrogen and oxygen atoms in total. The lowest BCUT2D eigenvalue weighted by Crippen LogP contribution is -2.59. The largest absolute Gasteiger partial charge is 0.385 e. The van der Waals surface area contributed by atoms with Gasteiger partial charge in [-0.3, -0.25) is 9.59 Å². The Balaban J connectivity index is 1.45. The molecule has 0 bridgehead atoms. The van der Waals surface area contributed by atoms with Crippen molar-refractivity contribution in [1.82, 2.24) is 4.90 Å². The highest BCUT2D eigenvalue weighted by Gasteiger charge is 2.50. The Bertz CT molecular complexity index is 969. The van der Waals surface area contributed by atoms with Crippen LogP contribution in [0, 0.1) is 5.92 Å². The Labute approximate surface area is 177 Å². The molecule has 30 heavy (non-hydrogen) atoms. The number of carbonyl (C=O) groups is 2. The van der Waals surface area contributed by atoms with Crippen LogP contribution in [0.5, 0.6) is 0 Å². The Morgan fingerprint density at radius 3 is 2.63 bits per heavy atom. The summed E-state index contributed by atoms with van der Waals surface area (Å²) >= 11 is 0. The smallest absolute Gasteiger partial charge is 0.254 e. The fraction of sp³-hybridized carbons (Fsp3) is 0.462. The second-order valence-electron chi connectivity index (χ2n) is 9.15. The lowest BCUT2D eigenvalue weighted by molar-refractivity contribution is -0.110. The Kier molecular flexibility index (Phi) is 4.98. The first-order chi connectivity index (χ1) is 14.6. The zero-order valence-electron chi connectivity index (χ0n) is 17.3. The first-order valence-electron chi connectivity index (χ1n) is 11.3. The summed E-state index contributed by atoms with van der Waals surface area (Å²) < 4.78 is 0. The number of fused-ring (bicyclic) bond motifs is 2. The number of Topliss-reactive ketones (excluding diaryl/α,β-unsaturated/α-hetero) is 1. The van der Waals surface area contributed by atoms with Crippen molar-refractivity contribution in [2.45, 2.75) is 63.0 Å². The maximum absolute atomic E-state index is 13.5. The topological polar surface area (TPSA) is 57.6 Å². The summed E-state index contributed by atoms with van der Waals surface area (Å²) in [7, 11) is 0. The molecule has 0 aromatic heterocycles. The highest BCUT2D eigenvalue weighted by atomic mass is 16.3. The summed E-state index contributed by atoms with van der Waals surface area (Å²) in [5.41, 5.74) is 2.49. The van der Waals surface area contributed by atoms with Gasteiger partial charge in [-0.2, -0.15) is 0 Å². The molecule has 3 aliphatic rings. The zero-order chi connectivity index (χ0) is 20.7. The van der Waals surface area contributed by atoms with Gasteiger partial charge in [0.25, 0.3) is 5.91 Å². The molecule has 1 heterocycles. The van der Waals surface area contributed by atoms with E-state index in [1.807, 2.05) is 53.4 Å². The number of aliphatic hydroxyl groups is 1. The quantitative estimate of drug-likeness (QED) is 0.803. The monoisotopic (exact) mass is 403 g/mol. The second-order valence-corrected chi connectivity index (χ2v) is 9.15. The molecule has 3 atom stereocenters. The predicted molar refractivity (Wildman–Crippen MR) is 115 cm³/mol. The molecule has 4 heteroatoms. The molecule has 5 rings (SSSR count). The molecule has 1 saturated carbocycles. The van der Waals surface area contributed by atoms with Gasteiger partial charge in [0, 0.05) is 36.1 Å². The van der Waals surface area contributed by atoms with Gasteiger partial charge in [0.15, 0.2) is 5.78 Å². The minimum atomic E-state index is -0.880. The summed E-state index contributed by atoms with van der Waals surface area (Å²) in [6.45, 7) is 0.538. The average Bonchev–Trinajstić information content (AvgIpc) is 2.80. The van der Waals surface area contributed by atoms with Crippen molar-refractivity contribution in [1.29, 1.82) is 0 Å². The number of hydrogen-bond acceptors (Lipinski definition) is 3. The maximum Gasteiger partial charge on any atom is 0.254 e. The molecule has 2 aliphatic carbocycles. The second kappa shape index (κ2) is 7.66. The lowest BCUT2D eigenvalue weighted by atomic mass is 9.66. The molecule has 1 N–H and O–H groups in total. The summed E-state index contributed by atoms with van der Waals surface area (Å²) in [4.78, 5) is 27.9. The van der Waals surface area contributed by atoms with Crippen molar-refractivity contribution in [2.24, 2.45) is 5.92 Å². The Morgan fingerprint density at radius 1 is 1.00 bits per heavy atom. The van der Waals surface area contributed by atoms with Gasteiger partial charge < -0.3 is 10.0 Å². The third-order valence-corrected chi connectivity index (χ3v) is 7.52. The normalized spacial score (nSPS) is 28.6. The van der Waals surface area contributed by atoms with Gasteiger partial charge in [0.2, 0.25) is 0 Å². The van der Waals surface area contributed by atoms with Crippen LogP contribution in [0.3, 0.4) is 0 Å². The van der Waals surface area contributed by atoms with Gasteiger partial charge in [0.05, 0.1) is 5.60 Å². The molecule has 1 aliphatic heterocycles. The number of likely N-dealkylation sites (tertiary alicyclic amines) is 1. The van der Waals surface area contributed by atoms with E-state index in [0.717, 1.165) is 55.2 Å². The third kappa shape index (κ3) is 3.18. The molecule has 1 saturated heterocycles. The minimum Gasteiger partial charge on any atom is -0.385 e. The van der Waals surface area contributed by atoms with E-state index in [1.54, 1.807) is 0 Å². The van der Waals surface area contributed by atoms with Gasteiger partial charge in [-0.05, 0) is 55.4 Å². The first-order valence-corrected chi connectivity index (χ1v) is 11.3. The molecule has 156 valence electrons. The molecule has 1 amide bonds. The van der Waals surface area contributed by atoms with Crippen molar-refractivity contribution in [3.63, 3.8) is 0 Å². The predicted octanol–water partition coefficient (Wildman–Crippen LogP) is 4.50. The van der Waals surface area contributed by atoms with Crippen LogP contribution in [-0.4, -0.2) is 34.3 Å². The first kappa shape index (κ1) is 19.5. The number of ketones is 1. The van der Waals surface area contributed by atoms with Gasteiger partial charge in [-0.1, -0.05) is 49.2 Å². The fourth-order valence-electron chi connectivity index (χ4n) is 5.95. The lowest BCUT2D eigenvalue weighted by Gasteiger charge is -2.52. The van der Waals surface area contributed by atoms with E-state index in [0.29, 0.717) is 24.9 Å². The van der Waals surface area contributed by atoms with Crippen LogP contribution >= 0.6 is 0 Å². The summed E-state index contributed by atoms with van der Waals surface area (Å²) in [6.07, 6.45) is 6.96. The van der Waals surface area contributed by atoms with Crippen molar-refractivity contribution < 1.29 is 14.7 Å². The van der Waals surface area contributed by atoms with Crippen LogP contribution in [0.15, 0.2) is 48.5 Å². The molecular weight excluding hydrogens is 374 g/mol. The SMILES string of the molecule is O=C1CCCc2ccc(C(=O)N3CCC(O)(c4ccccc4)C4CCCCC43)cc21. The summed E-state index contributed by atoms with van der Waals surface area (Å²) in [6, 6.07) is 15.7. The number of benzene rings is 2. The van der Waals surface area contributed by atoms with Gasteiger partial charge >= 0.3 is 0 Å². The van der Waals surface area contributed by atoms with E-state index < -0.39 is 5.60 Å². The van der Waals surface area contributed by atoms with Crippen molar-refractivity contribution in [2.75, 3.05) is 6.54 Å². The fourth-order valence-corrected chi connectivity index (χ4v) is 5.95. The number of nitrogens with zero attached hydrogens (tertiary/aromatic N) is 1. The highest BCUT2D eigenvalue weighted by Crippen LogP contribution is 2.47. The van der Waals surface area contributed by atoms with Gasteiger partial charge in [0.1, 0.15) is 0 Å². The molecule has 2 aromatic carbocycles. The summed E-state index contributed by atoms with van der Waals surface area (Å²) in [5, 5.41) is 11.7. The summed E-state index contributed by atoms with van der Waals surface area (Å²) in [5.74, 6) is 0.201. The third-order valence-electron chi connectivity index (χ3n) is 7.52. The van der Waals surface area contributed by atoms with E-state index in [-0.39, 0.29) is 23.7 Å². The number of amides is 1. The van der Waals surface area contributed by atoms with Crippen molar-refractivity contribution in [3.8, 4) is 0 Å². The number of piperidine rings is 1. The van der Waals surface area contributed by atoms with Crippen LogP contribution in [-0.2, 0) is 12.0 Å². The van der Waals surface area contributed by atoms with E-state index in [1.165, 1.54) is 0 Å². The number of carbonyl (C=O) groups excluding carboxylic acids is 2. The van der Waals surface area contributed by atoms with E-state index in [2.05, 4.69) is 0 Å². The molecule has 2 aromatic rings. The molecular formula is C26H29NO3. The van der Waals surface area contributed by atoms with Crippen LogP contribution in [0.4, 0.5) is 0 Å². The van der Waals surface area contributed by atoms with E-state index >= 15 is 0 Å². The molecule has 0 spiro atoms. The standard InChI is InChI=1S/C26H29NO3/c28-24-12-6-7-18-13-14-19(17-21(18)24)25(29)27-16-15-26(30,20-8-2-1-3-9-20)22-10-4-5-11-23(22)27/h1-3,8-9,13-14,17,22-23,30H,4-7,10-12,15-16H2. The molecule has 2 fully saturated rings. The van der Waals surface area contributed by atoms with Crippen LogP contribution in [0.2, 0.25) is 0 Å². The number of hydrogen-bond donors (Lipinski definition) is 1. The minimum absolute atomic E-state index is 0.00295. The highest BCUT2D eigenvalue weighted by molar-refractivity contribution is 6.02. The average molecular weight is 404 g/mol. The van der Waals surface area contributed by atoms with Crippen LogP contribution in [0.25, 0.3) is 0 Å². The molecule has 0 radical (unpaired) electrons. The van der Waals surface area contributed by atoms with Gasteiger partial charge in [-0.25, -0.2) is 0 Å². The van der Waals surface area contributed by atoms with Crippen LogP contribution in [0.1, 0.15) is 76.8 Å². The Hall–Kier alpha value is -2.46. The van der Waals surface area contributed by atoms with Crippen molar-refractivity contribution in [3.05, 3.63) is 70.8 Å². The maximum atomic E-state index is 13.5. The van der Waals surface area contributed by atoms with E-state index in [9.17, 15) is 14.7 Å². The zero-order valence-corrected chi connectivity index (χ0v) is 17.3. The molecule has 3 unspecified atom stereocenters. The number of rotatable bonds is 2. The Morgan fingerprint density at radius 2 is 1.80 bits per heavy atom. The van der Waals surface area contributed by atoms with E-state index in [4.69, 9.17) is 0 Å². The van der Waals surface area contributed by atoms with Gasteiger partial charge in [-0.15, -0.1) is 0 Å². The number of aryl methyl sites for hydroxylation is 1.